The summed E-state index contributed by atoms with van der Waals surface area (Å²) < 4.78 is 5.30. The number of fused-ring (bicyclic) bond motifs is 5. The topological polar surface area (TPSA) is 43.4 Å². The maximum absolute atomic E-state index is 13.0. The first-order valence-corrected chi connectivity index (χ1v) is 8.02. The molecule has 116 valence electrons. The molecule has 1 aromatic carbocycles. The molecule has 0 aliphatic heterocycles. The second kappa shape index (κ2) is 5.34. The summed E-state index contributed by atoms with van der Waals surface area (Å²) >= 11 is 0. The molecular formula is C20H18O3. The van der Waals surface area contributed by atoms with E-state index in [1.54, 1.807) is 6.08 Å². The lowest BCUT2D eigenvalue weighted by Gasteiger charge is -2.21. The monoisotopic (exact) mass is 306 g/mol. The number of carbonyl (C=O) groups is 2. The van der Waals surface area contributed by atoms with Crippen LogP contribution in [0.1, 0.15) is 12.0 Å². The highest BCUT2D eigenvalue weighted by molar-refractivity contribution is 6.30. The molecule has 1 saturated carbocycles. The minimum absolute atomic E-state index is 0.0231. The van der Waals surface area contributed by atoms with Crippen LogP contribution < -0.4 is 0 Å². The predicted octanol–water partition coefficient (Wildman–Crippen LogP) is 3.19. The lowest BCUT2D eigenvalue weighted by molar-refractivity contribution is -0.138. The number of benzene rings is 1. The minimum Gasteiger partial charge on any atom is -0.458 e. The predicted molar refractivity (Wildman–Crippen MR) is 87.2 cm³/mol. The fourth-order valence-electron chi connectivity index (χ4n) is 4.39. The van der Waals surface area contributed by atoms with Crippen LogP contribution in [0, 0.1) is 23.7 Å². The number of ether oxygens (including phenoxy) is 1. The zero-order valence-electron chi connectivity index (χ0n) is 12.8. The quantitative estimate of drug-likeness (QED) is 0.634. The maximum Gasteiger partial charge on any atom is 0.335 e. The van der Waals surface area contributed by atoms with Crippen LogP contribution in [0.4, 0.5) is 0 Å². The lowest BCUT2D eigenvalue weighted by Crippen LogP contribution is -2.24. The molecule has 0 amide bonds. The Bertz CT molecular complexity index is 741. The summed E-state index contributed by atoms with van der Waals surface area (Å²) in [6, 6.07) is 9.48. The van der Waals surface area contributed by atoms with Crippen LogP contribution >= 0.6 is 0 Å². The van der Waals surface area contributed by atoms with E-state index in [0.29, 0.717) is 11.1 Å². The first kappa shape index (κ1) is 14.2. The van der Waals surface area contributed by atoms with E-state index in [1.807, 2.05) is 30.3 Å². The van der Waals surface area contributed by atoms with Crippen LogP contribution in [-0.2, 0) is 14.3 Å². The molecular weight excluding hydrogens is 288 g/mol. The summed E-state index contributed by atoms with van der Waals surface area (Å²) in [6.07, 6.45) is 6.83. The maximum atomic E-state index is 13.0. The van der Waals surface area contributed by atoms with Gasteiger partial charge in [-0.3, -0.25) is 4.79 Å². The molecule has 1 aromatic rings. The van der Waals surface area contributed by atoms with Gasteiger partial charge in [0.2, 0.25) is 0 Å². The van der Waals surface area contributed by atoms with Gasteiger partial charge in [-0.2, -0.15) is 0 Å². The van der Waals surface area contributed by atoms with Gasteiger partial charge in [0, 0.05) is 17.4 Å². The lowest BCUT2D eigenvalue weighted by atomic mass is 9.82. The summed E-state index contributed by atoms with van der Waals surface area (Å²) in [5.74, 6) is 0.160. The highest BCUT2D eigenvalue weighted by Gasteiger charge is 2.57. The Morgan fingerprint density at radius 3 is 2.57 bits per heavy atom. The molecule has 3 nitrogen and oxygen atoms in total. The summed E-state index contributed by atoms with van der Waals surface area (Å²) in [4.78, 5) is 25.7. The molecule has 1 fully saturated rings. The number of esters is 1. The summed E-state index contributed by atoms with van der Waals surface area (Å²) in [6.45, 7) is 3.75. The van der Waals surface area contributed by atoms with Crippen molar-refractivity contribution in [2.45, 2.75) is 6.42 Å². The number of hydrogen-bond acceptors (Lipinski definition) is 3. The Hall–Kier alpha value is -2.42. The number of allylic oxidation sites excluding steroid dienone is 3. The molecule has 0 radical (unpaired) electrons. The van der Waals surface area contributed by atoms with Crippen LogP contribution in [0.3, 0.4) is 0 Å². The Morgan fingerprint density at radius 1 is 1.17 bits per heavy atom. The number of rotatable bonds is 4. The van der Waals surface area contributed by atoms with E-state index in [1.165, 1.54) is 0 Å². The molecule has 0 unspecified atom stereocenters. The van der Waals surface area contributed by atoms with Crippen LogP contribution in [-0.4, -0.2) is 18.4 Å². The van der Waals surface area contributed by atoms with E-state index in [-0.39, 0.29) is 42.0 Å². The highest BCUT2D eigenvalue weighted by Crippen LogP contribution is 2.57. The number of ketones is 1. The molecule has 3 heteroatoms. The average molecular weight is 306 g/mol. The first-order valence-electron chi connectivity index (χ1n) is 8.02. The Balaban J connectivity index is 1.83. The first-order chi connectivity index (χ1) is 11.2. The molecule has 0 spiro atoms. The highest BCUT2D eigenvalue weighted by atomic mass is 16.5. The summed E-state index contributed by atoms with van der Waals surface area (Å²) in [5.41, 5.74) is 1.95. The Labute approximate surface area is 135 Å². The fraction of sp³-hybridized carbons (Fsp3) is 0.300. The van der Waals surface area contributed by atoms with Gasteiger partial charge in [-0.25, -0.2) is 4.79 Å². The van der Waals surface area contributed by atoms with Gasteiger partial charge in [-0.15, -0.1) is 0 Å². The zero-order valence-corrected chi connectivity index (χ0v) is 12.8. The van der Waals surface area contributed by atoms with Gasteiger partial charge in [-0.05, 0) is 23.8 Å². The van der Waals surface area contributed by atoms with Crippen molar-refractivity contribution >= 4 is 17.3 Å². The third-order valence-electron chi connectivity index (χ3n) is 5.23. The van der Waals surface area contributed by atoms with Gasteiger partial charge in [-0.1, -0.05) is 55.1 Å². The van der Waals surface area contributed by atoms with E-state index in [0.717, 1.165) is 12.0 Å². The van der Waals surface area contributed by atoms with E-state index >= 15 is 0 Å². The van der Waals surface area contributed by atoms with E-state index < -0.39 is 0 Å². The molecule has 4 atom stereocenters. The van der Waals surface area contributed by atoms with Crippen molar-refractivity contribution in [1.82, 2.24) is 0 Å². The zero-order chi connectivity index (χ0) is 16.0. The molecule has 0 N–H and O–H groups in total. The van der Waals surface area contributed by atoms with Gasteiger partial charge in [0.25, 0.3) is 0 Å². The molecule has 3 aliphatic carbocycles. The van der Waals surface area contributed by atoms with Gasteiger partial charge in [0.15, 0.2) is 5.78 Å². The number of hydrogen-bond donors (Lipinski definition) is 0. The molecule has 4 rings (SSSR count). The van der Waals surface area contributed by atoms with Crippen LogP contribution in [0.2, 0.25) is 0 Å². The largest absolute Gasteiger partial charge is 0.458 e. The second-order valence-electron chi connectivity index (χ2n) is 6.41. The third-order valence-corrected chi connectivity index (χ3v) is 5.23. The minimum atomic E-state index is -0.370. The van der Waals surface area contributed by atoms with Crippen molar-refractivity contribution in [1.29, 1.82) is 0 Å². The molecule has 23 heavy (non-hydrogen) atoms. The van der Waals surface area contributed by atoms with Crippen molar-refractivity contribution in [3.8, 4) is 0 Å². The second-order valence-corrected chi connectivity index (χ2v) is 6.41. The average Bonchev–Trinajstić information content (AvgIpc) is 3.25. The van der Waals surface area contributed by atoms with E-state index in [2.05, 4.69) is 18.7 Å². The molecule has 0 aromatic heterocycles. The fourth-order valence-corrected chi connectivity index (χ4v) is 4.39. The number of carbonyl (C=O) groups excluding carboxylic acids is 2. The van der Waals surface area contributed by atoms with Crippen LogP contribution in [0.5, 0.6) is 0 Å². The molecule has 3 aliphatic rings. The summed E-state index contributed by atoms with van der Waals surface area (Å²) in [7, 11) is 0. The van der Waals surface area contributed by atoms with Gasteiger partial charge >= 0.3 is 5.97 Å². The molecule has 2 bridgehead atoms. The molecule has 0 heterocycles. The third kappa shape index (κ3) is 2.03. The normalized spacial score (nSPS) is 30.7. The van der Waals surface area contributed by atoms with E-state index in [9.17, 15) is 9.59 Å². The van der Waals surface area contributed by atoms with Crippen molar-refractivity contribution in [2.75, 3.05) is 6.61 Å². The standard InChI is InChI=1S/C20H18O3/c1-2-10-23-20(22)18-15-13-8-9-14(11-13)17(15)19(21)16(18)12-6-4-3-5-7-12/h2-9,13-15,17H,1,10-11H2/t13-,14+,15+,17-/m1/s1. The Morgan fingerprint density at radius 2 is 1.87 bits per heavy atom. The summed E-state index contributed by atoms with van der Waals surface area (Å²) in [5, 5.41) is 0. The van der Waals surface area contributed by atoms with Crippen molar-refractivity contribution in [3.63, 3.8) is 0 Å². The van der Waals surface area contributed by atoms with Gasteiger partial charge < -0.3 is 4.74 Å². The van der Waals surface area contributed by atoms with Gasteiger partial charge in [0.05, 0.1) is 5.57 Å². The van der Waals surface area contributed by atoms with Gasteiger partial charge in [0.1, 0.15) is 6.61 Å². The smallest absolute Gasteiger partial charge is 0.335 e. The van der Waals surface area contributed by atoms with Crippen molar-refractivity contribution in [2.24, 2.45) is 23.7 Å². The van der Waals surface area contributed by atoms with E-state index in [4.69, 9.17) is 4.74 Å². The van der Waals surface area contributed by atoms with Crippen LogP contribution in [0.15, 0.2) is 60.7 Å². The van der Waals surface area contributed by atoms with Crippen LogP contribution in [0.25, 0.3) is 5.57 Å². The number of Topliss-reactive ketones (excluding diaryl/α,β-unsaturated/α-hetero) is 1. The Kier molecular flexibility index (Phi) is 3.29. The SMILES string of the molecule is C=CCOC(=O)C1=C(c2ccccc2)C(=O)[C@H]2[C@@H]1[C@@H]1C=C[C@H]2C1. The van der Waals surface area contributed by atoms with Crippen molar-refractivity contribution in [3.05, 3.63) is 66.3 Å². The molecule has 0 saturated heterocycles. The van der Waals surface area contributed by atoms with Crippen molar-refractivity contribution < 1.29 is 14.3 Å².